The van der Waals surface area contributed by atoms with E-state index >= 15 is 0 Å². The second-order valence-corrected chi connectivity index (χ2v) is 8.54. The van der Waals surface area contributed by atoms with E-state index in [1.54, 1.807) is 12.4 Å². The van der Waals surface area contributed by atoms with Crippen LogP contribution in [0.1, 0.15) is 23.1 Å². The zero-order valence-electron chi connectivity index (χ0n) is 19.3. The largest absolute Gasteiger partial charge is 0.489 e. The average Bonchev–Trinajstić information content (AvgIpc) is 2.89. The summed E-state index contributed by atoms with van der Waals surface area (Å²) in [6, 6.07) is 20.4. The van der Waals surface area contributed by atoms with Gasteiger partial charge in [-0.05, 0) is 60.2 Å². The van der Waals surface area contributed by atoms with Gasteiger partial charge in [0.2, 0.25) is 11.8 Å². The lowest BCUT2D eigenvalue weighted by atomic mass is 9.73. The molecule has 34 heavy (non-hydrogen) atoms. The van der Waals surface area contributed by atoms with Crippen LogP contribution in [0.2, 0.25) is 0 Å². The number of carbonyl (C=O) groups is 3. The number of imide groups is 2. The highest BCUT2D eigenvalue weighted by atomic mass is 16.5. The van der Waals surface area contributed by atoms with Gasteiger partial charge >= 0.3 is 6.03 Å². The highest BCUT2D eigenvalue weighted by molar-refractivity contribution is 6.18. The van der Waals surface area contributed by atoms with Gasteiger partial charge in [-0.3, -0.25) is 24.4 Å². The number of hydrogen-bond donors (Lipinski definition) is 0. The van der Waals surface area contributed by atoms with Crippen molar-refractivity contribution in [3.63, 3.8) is 0 Å². The summed E-state index contributed by atoms with van der Waals surface area (Å²) in [5.41, 5.74) is 1.49. The van der Waals surface area contributed by atoms with Crippen LogP contribution in [-0.4, -0.2) is 46.7 Å². The molecule has 0 bridgehead atoms. The van der Waals surface area contributed by atoms with Crippen molar-refractivity contribution >= 4 is 17.8 Å². The highest BCUT2D eigenvalue weighted by Gasteiger charge is 2.54. The summed E-state index contributed by atoms with van der Waals surface area (Å²) in [6.45, 7) is 0.449. The van der Waals surface area contributed by atoms with E-state index in [-0.39, 0.29) is 12.8 Å². The van der Waals surface area contributed by atoms with Crippen LogP contribution in [0.15, 0.2) is 79.1 Å². The van der Waals surface area contributed by atoms with Gasteiger partial charge in [-0.25, -0.2) is 4.79 Å². The third kappa shape index (κ3) is 4.69. The number of benzene rings is 2. The quantitative estimate of drug-likeness (QED) is 0.480. The number of aryl methyl sites for hydroxylation is 1. The first-order valence-corrected chi connectivity index (χ1v) is 11.2. The number of pyridine rings is 1. The third-order valence-corrected chi connectivity index (χ3v) is 6.27. The maximum Gasteiger partial charge on any atom is 0.332 e. The van der Waals surface area contributed by atoms with E-state index in [1.165, 1.54) is 14.1 Å². The highest BCUT2D eigenvalue weighted by Crippen LogP contribution is 2.37. The van der Waals surface area contributed by atoms with Crippen molar-refractivity contribution in [2.75, 3.05) is 14.1 Å². The van der Waals surface area contributed by atoms with Gasteiger partial charge in [0, 0.05) is 26.5 Å². The molecule has 0 unspecified atom stereocenters. The lowest BCUT2D eigenvalue weighted by molar-refractivity contribution is -0.157. The molecule has 1 aromatic heterocycles. The molecule has 4 amide bonds. The average molecular weight is 458 g/mol. The molecule has 4 rings (SSSR count). The molecule has 7 heteroatoms. The molecule has 1 fully saturated rings. The van der Waals surface area contributed by atoms with Crippen LogP contribution in [-0.2, 0) is 29.0 Å². The molecule has 2 aromatic carbocycles. The Kier molecular flexibility index (Phi) is 6.72. The topological polar surface area (TPSA) is 79.8 Å². The Hall–Kier alpha value is -4.00. The predicted molar refractivity (Wildman–Crippen MR) is 127 cm³/mol. The Morgan fingerprint density at radius 2 is 1.38 bits per heavy atom. The van der Waals surface area contributed by atoms with Crippen molar-refractivity contribution in [2.24, 2.45) is 5.41 Å². The number of hydrogen-bond acceptors (Lipinski definition) is 5. The zero-order valence-corrected chi connectivity index (χ0v) is 19.3. The third-order valence-electron chi connectivity index (χ3n) is 6.27. The van der Waals surface area contributed by atoms with Gasteiger partial charge in [0.05, 0.1) is 0 Å². The molecule has 3 aromatic rings. The fourth-order valence-electron chi connectivity index (χ4n) is 4.29. The number of amides is 4. The molecular weight excluding hydrogens is 430 g/mol. The predicted octanol–water partition coefficient (Wildman–Crippen LogP) is 3.87. The normalized spacial score (nSPS) is 15.5. The fourth-order valence-corrected chi connectivity index (χ4v) is 4.29. The first-order chi connectivity index (χ1) is 16.4. The van der Waals surface area contributed by atoms with Gasteiger partial charge < -0.3 is 4.74 Å². The summed E-state index contributed by atoms with van der Waals surface area (Å²) in [5.74, 6) is -0.248. The molecule has 0 atom stereocenters. The Morgan fingerprint density at radius 3 is 2.00 bits per heavy atom. The summed E-state index contributed by atoms with van der Waals surface area (Å²) in [7, 11) is 2.85. The number of nitrogens with zero attached hydrogens (tertiary/aromatic N) is 3. The molecule has 1 aliphatic heterocycles. The van der Waals surface area contributed by atoms with E-state index < -0.39 is 23.3 Å². The standard InChI is InChI=1S/C27H27N3O4/c1-29-24(31)27(25(32)30(2)26(29)33,15-12-20-13-16-28-17-14-20)18-21-8-10-23(11-9-21)34-19-22-6-4-3-5-7-22/h3-11,13-14,16-17H,12,15,18-19H2,1-2H3. The second-order valence-electron chi connectivity index (χ2n) is 8.54. The van der Waals surface area contributed by atoms with Crippen molar-refractivity contribution in [2.45, 2.75) is 25.9 Å². The second kappa shape index (κ2) is 9.87. The Morgan fingerprint density at radius 1 is 0.765 bits per heavy atom. The fraction of sp³-hybridized carbons (Fsp3) is 0.259. The molecule has 7 nitrogen and oxygen atoms in total. The van der Waals surface area contributed by atoms with Crippen LogP contribution in [0.25, 0.3) is 0 Å². The molecule has 1 saturated heterocycles. The number of aromatic nitrogens is 1. The number of urea groups is 1. The molecule has 0 spiro atoms. The van der Waals surface area contributed by atoms with Crippen molar-refractivity contribution in [1.29, 1.82) is 0 Å². The van der Waals surface area contributed by atoms with E-state index in [9.17, 15) is 14.4 Å². The van der Waals surface area contributed by atoms with E-state index in [2.05, 4.69) is 4.98 Å². The van der Waals surface area contributed by atoms with Gasteiger partial charge in [0.15, 0.2) is 0 Å². The van der Waals surface area contributed by atoms with Crippen LogP contribution in [0.5, 0.6) is 5.75 Å². The molecule has 0 saturated carbocycles. The number of carbonyl (C=O) groups excluding carboxylic acids is 3. The smallest absolute Gasteiger partial charge is 0.332 e. The zero-order chi connectivity index (χ0) is 24.1. The lowest BCUT2D eigenvalue weighted by Crippen LogP contribution is -2.63. The van der Waals surface area contributed by atoms with Crippen molar-refractivity contribution in [3.05, 3.63) is 95.8 Å². The van der Waals surface area contributed by atoms with Gasteiger partial charge in [0.1, 0.15) is 17.8 Å². The van der Waals surface area contributed by atoms with Crippen LogP contribution < -0.4 is 4.74 Å². The first kappa shape index (κ1) is 23.2. The van der Waals surface area contributed by atoms with Crippen LogP contribution in [0.4, 0.5) is 4.79 Å². The summed E-state index contributed by atoms with van der Waals surface area (Å²) < 4.78 is 5.86. The van der Waals surface area contributed by atoms with Crippen LogP contribution in [0, 0.1) is 5.41 Å². The van der Waals surface area contributed by atoms with E-state index in [0.717, 1.165) is 26.5 Å². The molecular formula is C27H27N3O4. The lowest BCUT2D eigenvalue weighted by Gasteiger charge is -2.42. The Labute approximate surface area is 199 Å². The minimum absolute atomic E-state index is 0.191. The number of barbiturate groups is 1. The summed E-state index contributed by atoms with van der Waals surface area (Å²) in [6.07, 6.45) is 4.35. The van der Waals surface area contributed by atoms with Crippen LogP contribution in [0.3, 0.4) is 0 Å². The van der Waals surface area contributed by atoms with Crippen molar-refractivity contribution in [1.82, 2.24) is 14.8 Å². The summed E-state index contributed by atoms with van der Waals surface area (Å²) in [4.78, 5) is 45.3. The number of ether oxygens (including phenoxy) is 1. The summed E-state index contributed by atoms with van der Waals surface area (Å²) in [5, 5.41) is 0. The van der Waals surface area contributed by atoms with E-state index in [0.29, 0.717) is 18.8 Å². The molecule has 0 radical (unpaired) electrons. The Bertz CT molecular complexity index is 1140. The molecule has 1 aliphatic rings. The molecule has 0 N–H and O–H groups in total. The first-order valence-electron chi connectivity index (χ1n) is 11.2. The SMILES string of the molecule is CN1C(=O)N(C)C(=O)C(CCc2ccncc2)(Cc2ccc(OCc3ccccc3)cc2)C1=O. The maximum absolute atomic E-state index is 13.4. The van der Waals surface area contributed by atoms with E-state index in [1.807, 2.05) is 66.7 Å². The Balaban J connectivity index is 1.56. The van der Waals surface area contributed by atoms with Gasteiger partial charge in [0.25, 0.3) is 0 Å². The number of rotatable bonds is 8. The van der Waals surface area contributed by atoms with Crippen LogP contribution >= 0.6 is 0 Å². The summed E-state index contributed by atoms with van der Waals surface area (Å²) >= 11 is 0. The monoisotopic (exact) mass is 457 g/mol. The molecule has 2 heterocycles. The van der Waals surface area contributed by atoms with Crippen molar-refractivity contribution < 1.29 is 19.1 Å². The van der Waals surface area contributed by atoms with Gasteiger partial charge in [-0.15, -0.1) is 0 Å². The van der Waals surface area contributed by atoms with Crippen molar-refractivity contribution in [3.8, 4) is 5.75 Å². The maximum atomic E-state index is 13.4. The van der Waals surface area contributed by atoms with Gasteiger partial charge in [-0.2, -0.15) is 0 Å². The molecule has 174 valence electrons. The minimum Gasteiger partial charge on any atom is -0.489 e. The minimum atomic E-state index is -1.37. The molecule has 0 aliphatic carbocycles. The van der Waals surface area contributed by atoms with E-state index in [4.69, 9.17) is 4.74 Å². The van der Waals surface area contributed by atoms with Gasteiger partial charge in [-0.1, -0.05) is 42.5 Å².